The molecule has 0 radical (unpaired) electrons. The molecule has 4 atom stereocenters. The van der Waals surface area contributed by atoms with E-state index in [2.05, 4.69) is 42.3 Å². The zero-order chi connectivity index (χ0) is 13.4. The van der Waals surface area contributed by atoms with Crippen molar-refractivity contribution in [2.75, 3.05) is 19.6 Å². The van der Waals surface area contributed by atoms with E-state index in [0.717, 1.165) is 24.4 Å². The van der Waals surface area contributed by atoms with Crippen molar-refractivity contribution in [3.05, 3.63) is 18.0 Å². The van der Waals surface area contributed by atoms with Crippen molar-refractivity contribution in [2.24, 2.45) is 11.8 Å². The van der Waals surface area contributed by atoms with Crippen LogP contribution < -0.4 is 5.32 Å². The average molecular weight is 262 g/mol. The molecular weight excluding hydrogens is 236 g/mol. The van der Waals surface area contributed by atoms with Crippen LogP contribution in [0.5, 0.6) is 0 Å². The molecule has 1 aromatic rings. The molecule has 106 valence electrons. The molecule has 3 rings (SSSR count). The maximum atomic E-state index is 4.43. The van der Waals surface area contributed by atoms with E-state index in [4.69, 9.17) is 0 Å². The molecule has 0 aromatic carbocycles. The quantitative estimate of drug-likeness (QED) is 0.899. The maximum Gasteiger partial charge on any atom is 0.0537 e. The van der Waals surface area contributed by atoms with Gasteiger partial charge in [-0.3, -0.25) is 9.58 Å². The lowest BCUT2D eigenvalue weighted by atomic mass is 9.92. The number of aromatic nitrogens is 2. The summed E-state index contributed by atoms with van der Waals surface area (Å²) >= 11 is 0. The molecule has 1 aromatic heterocycles. The lowest BCUT2D eigenvalue weighted by Gasteiger charge is -2.32. The second kappa shape index (κ2) is 5.25. The molecule has 4 unspecified atom stereocenters. The number of nitrogens with zero attached hydrogens (tertiary/aromatic N) is 3. The van der Waals surface area contributed by atoms with E-state index in [-0.39, 0.29) is 0 Å². The minimum atomic E-state index is 0.496. The standard InChI is InChI=1S/C15H26N4/c1-4-15-14-8-16-6-13(14)10-19(15)11(3)12-7-17-18(5-2)9-12/h7,9,11,13-16H,4-6,8,10H2,1-3H3. The van der Waals surface area contributed by atoms with Gasteiger partial charge in [-0.25, -0.2) is 0 Å². The Morgan fingerprint density at radius 3 is 2.95 bits per heavy atom. The predicted octanol–water partition coefficient (Wildman–Crippen LogP) is 1.89. The van der Waals surface area contributed by atoms with Gasteiger partial charge in [0.2, 0.25) is 0 Å². The van der Waals surface area contributed by atoms with Crippen LogP contribution in [0, 0.1) is 11.8 Å². The summed E-state index contributed by atoms with van der Waals surface area (Å²) < 4.78 is 2.03. The maximum absolute atomic E-state index is 4.43. The number of hydrogen-bond acceptors (Lipinski definition) is 3. The third-order valence-electron chi connectivity index (χ3n) is 5.13. The highest BCUT2D eigenvalue weighted by Crippen LogP contribution is 2.39. The first-order valence-corrected chi connectivity index (χ1v) is 7.73. The molecule has 2 aliphatic rings. The summed E-state index contributed by atoms with van der Waals surface area (Å²) in [6.45, 7) is 11.4. The fourth-order valence-corrected chi connectivity index (χ4v) is 4.00. The van der Waals surface area contributed by atoms with Crippen LogP contribution in [0.25, 0.3) is 0 Å². The first kappa shape index (κ1) is 13.1. The van der Waals surface area contributed by atoms with E-state index in [1.54, 1.807) is 0 Å². The first-order valence-electron chi connectivity index (χ1n) is 7.73. The van der Waals surface area contributed by atoms with Gasteiger partial charge in [0, 0.05) is 36.9 Å². The summed E-state index contributed by atoms with van der Waals surface area (Å²) in [6, 6.07) is 1.23. The second-order valence-electron chi connectivity index (χ2n) is 6.06. The van der Waals surface area contributed by atoms with Gasteiger partial charge in [-0.05, 0) is 45.2 Å². The Morgan fingerprint density at radius 1 is 1.42 bits per heavy atom. The van der Waals surface area contributed by atoms with Crippen molar-refractivity contribution in [3.63, 3.8) is 0 Å². The Labute approximate surface area is 116 Å². The molecule has 0 bridgehead atoms. The average Bonchev–Trinajstić information content (AvgIpc) is 3.12. The van der Waals surface area contributed by atoms with Crippen LogP contribution in [0.2, 0.25) is 0 Å². The fraction of sp³-hybridized carbons (Fsp3) is 0.800. The predicted molar refractivity (Wildman–Crippen MR) is 77.0 cm³/mol. The van der Waals surface area contributed by atoms with Gasteiger partial charge in [0.25, 0.3) is 0 Å². The lowest BCUT2D eigenvalue weighted by molar-refractivity contribution is 0.165. The monoisotopic (exact) mass is 262 g/mol. The van der Waals surface area contributed by atoms with E-state index in [9.17, 15) is 0 Å². The van der Waals surface area contributed by atoms with Gasteiger partial charge in [-0.1, -0.05) is 6.92 Å². The highest BCUT2D eigenvalue weighted by atomic mass is 15.3. The molecule has 1 N–H and O–H groups in total. The van der Waals surface area contributed by atoms with Crippen molar-refractivity contribution >= 4 is 0 Å². The van der Waals surface area contributed by atoms with Crippen LogP contribution in [-0.2, 0) is 6.54 Å². The van der Waals surface area contributed by atoms with E-state index >= 15 is 0 Å². The van der Waals surface area contributed by atoms with Crippen molar-refractivity contribution in [1.29, 1.82) is 0 Å². The third-order valence-corrected chi connectivity index (χ3v) is 5.13. The molecule has 2 saturated heterocycles. The highest BCUT2D eigenvalue weighted by Gasteiger charge is 2.44. The molecule has 19 heavy (non-hydrogen) atoms. The van der Waals surface area contributed by atoms with E-state index < -0.39 is 0 Å². The topological polar surface area (TPSA) is 33.1 Å². The summed E-state index contributed by atoms with van der Waals surface area (Å²) in [6.07, 6.45) is 5.52. The fourth-order valence-electron chi connectivity index (χ4n) is 4.00. The number of hydrogen-bond donors (Lipinski definition) is 1. The number of likely N-dealkylation sites (tertiary alicyclic amines) is 1. The van der Waals surface area contributed by atoms with Crippen molar-refractivity contribution in [3.8, 4) is 0 Å². The molecule has 3 heterocycles. The van der Waals surface area contributed by atoms with Crippen LogP contribution in [-0.4, -0.2) is 40.4 Å². The Hall–Kier alpha value is -0.870. The molecule has 0 saturated carbocycles. The van der Waals surface area contributed by atoms with Gasteiger partial charge in [-0.2, -0.15) is 5.10 Å². The summed E-state index contributed by atoms with van der Waals surface area (Å²) in [4.78, 5) is 2.72. The van der Waals surface area contributed by atoms with Gasteiger partial charge >= 0.3 is 0 Å². The molecule has 4 nitrogen and oxygen atoms in total. The Morgan fingerprint density at radius 2 is 2.26 bits per heavy atom. The molecule has 0 amide bonds. The Balaban J connectivity index is 1.77. The molecule has 0 aliphatic carbocycles. The summed E-state index contributed by atoms with van der Waals surface area (Å²) in [5.41, 5.74) is 1.37. The highest BCUT2D eigenvalue weighted by molar-refractivity contribution is 5.12. The summed E-state index contributed by atoms with van der Waals surface area (Å²) in [5, 5.41) is 7.99. The summed E-state index contributed by atoms with van der Waals surface area (Å²) in [5.74, 6) is 1.71. The van der Waals surface area contributed by atoms with Crippen LogP contribution in [0.15, 0.2) is 12.4 Å². The van der Waals surface area contributed by atoms with Crippen LogP contribution >= 0.6 is 0 Å². The third kappa shape index (κ3) is 2.21. The number of aryl methyl sites for hydroxylation is 1. The van der Waals surface area contributed by atoms with Crippen molar-refractivity contribution in [1.82, 2.24) is 20.0 Å². The normalized spacial score (nSPS) is 32.7. The zero-order valence-electron chi connectivity index (χ0n) is 12.3. The molecule has 0 spiro atoms. The number of nitrogens with one attached hydrogen (secondary N) is 1. The van der Waals surface area contributed by atoms with Crippen LogP contribution in [0.4, 0.5) is 0 Å². The Kier molecular flexibility index (Phi) is 3.63. The second-order valence-corrected chi connectivity index (χ2v) is 6.06. The lowest BCUT2D eigenvalue weighted by Crippen LogP contribution is -2.36. The number of rotatable bonds is 4. The zero-order valence-corrected chi connectivity index (χ0v) is 12.3. The molecule has 2 aliphatic heterocycles. The molecule has 4 heteroatoms. The van der Waals surface area contributed by atoms with Crippen molar-refractivity contribution < 1.29 is 0 Å². The van der Waals surface area contributed by atoms with E-state index in [1.807, 2.05) is 10.9 Å². The SMILES string of the molecule is CCC1C2CNCC2CN1C(C)c1cnn(CC)c1. The largest absolute Gasteiger partial charge is 0.316 e. The van der Waals surface area contributed by atoms with Gasteiger partial charge in [0.1, 0.15) is 0 Å². The van der Waals surface area contributed by atoms with Gasteiger partial charge < -0.3 is 5.32 Å². The van der Waals surface area contributed by atoms with Crippen LogP contribution in [0.1, 0.15) is 38.8 Å². The van der Waals surface area contributed by atoms with E-state index in [1.165, 1.54) is 31.6 Å². The Bertz CT molecular complexity index is 428. The van der Waals surface area contributed by atoms with Gasteiger partial charge in [-0.15, -0.1) is 0 Å². The summed E-state index contributed by atoms with van der Waals surface area (Å²) in [7, 11) is 0. The van der Waals surface area contributed by atoms with Crippen molar-refractivity contribution in [2.45, 2.75) is 45.8 Å². The van der Waals surface area contributed by atoms with Crippen LogP contribution in [0.3, 0.4) is 0 Å². The van der Waals surface area contributed by atoms with Gasteiger partial charge in [0.15, 0.2) is 0 Å². The smallest absolute Gasteiger partial charge is 0.0537 e. The van der Waals surface area contributed by atoms with E-state index in [0.29, 0.717) is 6.04 Å². The number of fused-ring (bicyclic) bond motifs is 1. The molecular formula is C15H26N4. The minimum Gasteiger partial charge on any atom is -0.316 e. The van der Waals surface area contributed by atoms with Gasteiger partial charge in [0.05, 0.1) is 6.20 Å². The minimum absolute atomic E-state index is 0.496. The molecule has 2 fully saturated rings. The first-order chi connectivity index (χ1) is 9.24.